The van der Waals surface area contributed by atoms with Crippen LogP contribution in [0, 0.1) is 0 Å². The molecule has 2 fully saturated rings. The maximum atomic E-state index is 12.8. The summed E-state index contributed by atoms with van der Waals surface area (Å²) in [4.78, 5) is 14.6. The van der Waals surface area contributed by atoms with Gasteiger partial charge in [-0.05, 0) is 37.0 Å². The molecule has 1 aromatic rings. The Morgan fingerprint density at radius 3 is 2.74 bits per heavy atom. The van der Waals surface area contributed by atoms with E-state index in [1.54, 1.807) is 0 Å². The predicted octanol–water partition coefficient (Wildman–Crippen LogP) is 2.35. The average Bonchev–Trinajstić information content (AvgIpc) is 2.74. The van der Waals surface area contributed by atoms with Gasteiger partial charge < -0.3 is 10.0 Å². The summed E-state index contributed by atoms with van der Waals surface area (Å²) in [6, 6.07) is 7.64. The van der Waals surface area contributed by atoms with Crippen LogP contribution in [0.3, 0.4) is 0 Å². The molecule has 1 atom stereocenters. The molecule has 102 valence electrons. The van der Waals surface area contributed by atoms with Gasteiger partial charge >= 0.3 is 0 Å². The molecule has 0 bridgehead atoms. The Bertz CT molecular complexity index is 499. The van der Waals surface area contributed by atoms with Gasteiger partial charge in [-0.1, -0.05) is 30.2 Å². The van der Waals surface area contributed by atoms with Crippen LogP contribution in [-0.2, 0) is 10.2 Å². The monoisotopic (exact) mass is 279 g/mol. The van der Waals surface area contributed by atoms with Crippen molar-refractivity contribution in [3.05, 3.63) is 34.9 Å². The zero-order valence-corrected chi connectivity index (χ0v) is 11.6. The molecule has 1 amide bonds. The second-order valence-electron chi connectivity index (χ2n) is 5.64. The molecular weight excluding hydrogens is 262 g/mol. The van der Waals surface area contributed by atoms with Crippen molar-refractivity contribution in [3.8, 4) is 0 Å². The molecule has 1 unspecified atom stereocenters. The third kappa shape index (κ3) is 2.15. The molecular formula is C15H18ClNO2. The number of aliphatic hydroxyl groups excluding tert-OH is 1. The highest BCUT2D eigenvalue weighted by atomic mass is 35.5. The molecule has 1 aromatic carbocycles. The number of halogens is 1. The zero-order chi connectivity index (χ0) is 13.5. The first-order chi connectivity index (χ1) is 9.12. The Morgan fingerprint density at radius 2 is 2.21 bits per heavy atom. The molecule has 0 radical (unpaired) electrons. The van der Waals surface area contributed by atoms with Crippen LogP contribution in [0.1, 0.15) is 31.2 Å². The smallest absolute Gasteiger partial charge is 0.233 e. The van der Waals surface area contributed by atoms with Crippen LogP contribution in [0.15, 0.2) is 24.3 Å². The highest BCUT2D eigenvalue weighted by Gasteiger charge is 2.48. The quantitative estimate of drug-likeness (QED) is 0.903. The van der Waals surface area contributed by atoms with Crippen LogP contribution in [0.4, 0.5) is 0 Å². The summed E-state index contributed by atoms with van der Waals surface area (Å²) in [6.07, 6.45) is 3.18. The van der Waals surface area contributed by atoms with Gasteiger partial charge in [-0.25, -0.2) is 0 Å². The second-order valence-corrected chi connectivity index (χ2v) is 6.08. The lowest BCUT2D eigenvalue weighted by atomic mass is 9.63. The highest BCUT2D eigenvalue weighted by molar-refractivity contribution is 6.30. The lowest BCUT2D eigenvalue weighted by Crippen LogP contribution is -2.50. The number of carbonyl (C=O) groups is 1. The Labute approximate surface area is 118 Å². The molecule has 0 aromatic heterocycles. The molecule has 1 aliphatic heterocycles. The lowest BCUT2D eigenvalue weighted by Gasteiger charge is -2.43. The third-order valence-corrected chi connectivity index (χ3v) is 4.68. The topological polar surface area (TPSA) is 40.5 Å². The minimum atomic E-state index is -0.394. The number of hydrogen-bond acceptors (Lipinski definition) is 2. The summed E-state index contributed by atoms with van der Waals surface area (Å²) in [5.74, 6) is 0.164. The van der Waals surface area contributed by atoms with Crippen LogP contribution >= 0.6 is 11.6 Å². The van der Waals surface area contributed by atoms with E-state index in [1.165, 1.54) is 0 Å². The molecule has 1 saturated heterocycles. The van der Waals surface area contributed by atoms with E-state index in [4.69, 9.17) is 11.6 Å². The molecule has 4 heteroatoms. The number of carbonyl (C=O) groups excluding carboxylic acids is 1. The molecule has 1 heterocycles. The number of aliphatic hydroxyl groups is 1. The fraction of sp³-hybridized carbons (Fsp3) is 0.533. The molecule has 19 heavy (non-hydrogen) atoms. The van der Waals surface area contributed by atoms with Gasteiger partial charge in [0.1, 0.15) is 0 Å². The molecule has 2 aliphatic rings. The lowest BCUT2D eigenvalue weighted by molar-refractivity contribution is -0.140. The molecule has 0 spiro atoms. The largest absolute Gasteiger partial charge is 0.391 e. The number of hydrogen-bond donors (Lipinski definition) is 1. The van der Waals surface area contributed by atoms with Crippen LogP contribution in [0.25, 0.3) is 0 Å². The van der Waals surface area contributed by atoms with Gasteiger partial charge in [-0.15, -0.1) is 0 Å². The summed E-state index contributed by atoms with van der Waals surface area (Å²) in [5, 5.41) is 10.3. The van der Waals surface area contributed by atoms with Crippen molar-refractivity contribution in [2.24, 2.45) is 0 Å². The number of benzene rings is 1. The minimum Gasteiger partial charge on any atom is -0.391 e. The van der Waals surface area contributed by atoms with Gasteiger partial charge in [-0.2, -0.15) is 0 Å². The highest BCUT2D eigenvalue weighted by Crippen LogP contribution is 2.46. The first kappa shape index (κ1) is 12.9. The van der Waals surface area contributed by atoms with Crippen molar-refractivity contribution >= 4 is 17.5 Å². The first-order valence-corrected chi connectivity index (χ1v) is 7.23. The van der Waals surface area contributed by atoms with Crippen LogP contribution in [-0.4, -0.2) is 35.1 Å². The van der Waals surface area contributed by atoms with E-state index in [-0.39, 0.29) is 12.0 Å². The number of amides is 1. The van der Waals surface area contributed by atoms with E-state index in [9.17, 15) is 9.90 Å². The van der Waals surface area contributed by atoms with Crippen LogP contribution < -0.4 is 0 Å². The van der Waals surface area contributed by atoms with Gasteiger partial charge in [0.2, 0.25) is 5.91 Å². The van der Waals surface area contributed by atoms with Crippen LogP contribution in [0.5, 0.6) is 0 Å². The Hall–Kier alpha value is -1.06. The van der Waals surface area contributed by atoms with Crippen molar-refractivity contribution in [2.75, 3.05) is 13.1 Å². The normalized spacial score (nSPS) is 25.2. The zero-order valence-electron chi connectivity index (χ0n) is 10.8. The van der Waals surface area contributed by atoms with E-state index >= 15 is 0 Å². The molecule has 3 nitrogen and oxygen atoms in total. The fourth-order valence-corrected chi connectivity index (χ4v) is 3.36. The van der Waals surface area contributed by atoms with Gasteiger partial charge in [-0.3, -0.25) is 4.79 Å². The second kappa shape index (κ2) is 4.80. The molecule has 3 rings (SSSR count). The summed E-state index contributed by atoms with van der Waals surface area (Å²) < 4.78 is 0. The van der Waals surface area contributed by atoms with Crippen molar-refractivity contribution in [3.63, 3.8) is 0 Å². The fourth-order valence-electron chi connectivity index (χ4n) is 3.17. The summed E-state index contributed by atoms with van der Waals surface area (Å²) >= 11 is 6.05. The van der Waals surface area contributed by atoms with E-state index < -0.39 is 5.41 Å². The third-order valence-electron chi connectivity index (χ3n) is 4.44. The van der Waals surface area contributed by atoms with E-state index in [1.807, 2.05) is 29.2 Å². The van der Waals surface area contributed by atoms with Crippen molar-refractivity contribution in [1.82, 2.24) is 4.90 Å². The maximum Gasteiger partial charge on any atom is 0.233 e. The van der Waals surface area contributed by atoms with Gasteiger partial charge in [0.15, 0.2) is 0 Å². The van der Waals surface area contributed by atoms with E-state index in [0.717, 1.165) is 24.8 Å². The van der Waals surface area contributed by atoms with Gasteiger partial charge in [0.25, 0.3) is 0 Å². The van der Waals surface area contributed by atoms with Crippen molar-refractivity contribution in [2.45, 2.75) is 37.2 Å². The van der Waals surface area contributed by atoms with Gasteiger partial charge in [0, 0.05) is 18.1 Å². The van der Waals surface area contributed by atoms with Crippen LogP contribution in [0.2, 0.25) is 5.02 Å². The summed E-state index contributed by atoms with van der Waals surface area (Å²) in [6.45, 7) is 1.14. The van der Waals surface area contributed by atoms with Gasteiger partial charge in [0.05, 0.1) is 11.5 Å². The SMILES string of the molecule is O=C(N1CCC(O)C1)C1(c2cccc(Cl)c2)CCC1. The Balaban J connectivity index is 1.89. The average molecular weight is 280 g/mol. The number of likely N-dealkylation sites (tertiary alicyclic amines) is 1. The Kier molecular flexibility index (Phi) is 3.27. The minimum absolute atomic E-state index is 0.164. The number of β-amino-alcohol motifs (C(OH)–C–C–N with tert-alkyl or cyclic N) is 1. The molecule has 1 saturated carbocycles. The molecule has 1 N–H and O–H groups in total. The predicted molar refractivity (Wildman–Crippen MR) is 74.2 cm³/mol. The maximum absolute atomic E-state index is 12.8. The number of nitrogens with zero attached hydrogens (tertiary/aromatic N) is 1. The number of rotatable bonds is 2. The Morgan fingerprint density at radius 1 is 1.42 bits per heavy atom. The summed E-state index contributed by atoms with van der Waals surface area (Å²) in [5.41, 5.74) is 0.632. The standard InChI is InChI=1S/C15H18ClNO2/c16-12-4-1-3-11(9-12)15(6-2-7-15)14(19)17-8-5-13(18)10-17/h1,3-4,9,13,18H,2,5-8,10H2. The van der Waals surface area contributed by atoms with Crippen molar-refractivity contribution in [1.29, 1.82) is 0 Å². The van der Waals surface area contributed by atoms with E-state index in [0.29, 0.717) is 24.5 Å². The first-order valence-electron chi connectivity index (χ1n) is 6.85. The van der Waals surface area contributed by atoms with E-state index in [2.05, 4.69) is 0 Å². The molecule has 1 aliphatic carbocycles. The van der Waals surface area contributed by atoms with Crippen molar-refractivity contribution < 1.29 is 9.90 Å². The summed E-state index contributed by atoms with van der Waals surface area (Å²) in [7, 11) is 0.